The van der Waals surface area contributed by atoms with E-state index >= 15 is 0 Å². The van der Waals surface area contributed by atoms with Gasteiger partial charge in [0.25, 0.3) is 0 Å². The second-order valence-corrected chi connectivity index (χ2v) is 6.27. The maximum Gasteiger partial charge on any atom is 0.249 e. The highest BCUT2D eigenvalue weighted by atomic mass is 35.5. The summed E-state index contributed by atoms with van der Waals surface area (Å²) in [6.45, 7) is 0.904. The topological polar surface area (TPSA) is 42.4 Å². The highest BCUT2D eigenvalue weighted by molar-refractivity contribution is 7.94. The zero-order valence-corrected chi connectivity index (χ0v) is 13.9. The van der Waals surface area contributed by atoms with Crippen LogP contribution in [0.3, 0.4) is 0 Å². The molecule has 0 spiro atoms. The summed E-state index contributed by atoms with van der Waals surface area (Å²) >= 11 is 12.3. The van der Waals surface area contributed by atoms with Crippen LogP contribution in [0.1, 0.15) is 11.1 Å². The first kappa shape index (κ1) is 15.8. The average molecular weight is 361 g/mol. The highest BCUT2D eigenvalue weighted by Gasteiger charge is 2.26. The third-order valence-corrected chi connectivity index (χ3v) is 5.08. The van der Waals surface area contributed by atoms with Crippen molar-refractivity contribution >= 4 is 52.2 Å². The molecule has 0 aliphatic carbocycles. The number of amides is 1. The molecule has 0 N–H and O–H groups in total. The van der Waals surface area contributed by atoms with Crippen LogP contribution in [0, 0.1) is 0 Å². The average Bonchev–Trinajstić information content (AvgIpc) is 2.95. The van der Waals surface area contributed by atoms with Gasteiger partial charge >= 0.3 is 0 Å². The van der Waals surface area contributed by atoms with E-state index < -0.39 is 0 Å². The molecule has 1 amide bonds. The maximum absolute atomic E-state index is 13.0. The van der Waals surface area contributed by atoms with E-state index in [2.05, 4.69) is 4.98 Å². The minimum absolute atomic E-state index is 0.0253. The van der Waals surface area contributed by atoms with Crippen molar-refractivity contribution in [1.29, 1.82) is 0 Å². The smallest absolute Gasteiger partial charge is 0.249 e. The van der Waals surface area contributed by atoms with Crippen molar-refractivity contribution in [2.45, 2.75) is 18.0 Å². The van der Waals surface area contributed by atoms with Gasteiger partial charge < -0.3 is 9.64 Å². The Bertz CT molecular complexity index is 772. The fourth-order valence-electron chi connectivity index (χ4n) is 2.57. The molecule has 0 atom stereocenters. The molecule has 116 valence electrons. The van der Waals surface area contributed by atoms with Gasteiger partial charge in [0.15, 0.2) is 0 Å². The number of hydrogen-bond acceptors (Lipinski definition) is 4. The van der Waals surface area contributed by atoms with Crippen molar-refractivity contribution < 1.29 is 13.4 Å². The standard InChI is InChI=1S/C14H11Cl2FN2O2S/c1-21-6-11(20)19-4-7-3-18-14-8(9(7)5-19)2-10(22-17)12(15)13(14)16/h2-3H,4-6H2,1H3. The van der Waals surface area contributed by atoms with Crippen molar-refractivity contribution in [1.82, 2.24) is 9.88 Å². The van der Waals surface area contributed by atoms with Crippen molar-refractivity contribution in [2.75, 3.05) is 13.7 Å². The van der Waals surface area contributed by atoms with Gasteiger partial charge in [0, 0.05) is 31.8 Å². The zero-order valence-electron chi connectivity index (χ0n) is 11.5. The van der Waals surface area contributed by atoms with Gasteiger partial charge in [-0.1, -0.05) is 23.2 Å². The Morgan fingerprint density at radius 2 is 2.23 bits per heavy atom. The molecule has 1 aliphatic rings. The highest BCUT2D eigenvalue weighted by Crippen LogP contribution is 2.41. The second kappa shape index (κ2) is 6.20. The Balaban J connectivity index is 2.10. The lowest BCUT2D eigenvalue weighted by atomic mass is 10.1. The van der Waals surface area contributed by atoms with E-state index in [1.165, 1.54) is 7.11 Å². The van der Waals surface area contributed by atoms with Crippen LogP contribution in [0.5, 0.6) is 0 Å². The summed E-state index contributed by atoms with van der Waals surface area (Å²) in [7, 11) is 1.48. The molecule has 4 nitrogen and oxygen atoms in total. The largest absolute Gasteiger partial charge is 0.375 e. The Kier molecular flexibility index (Phi) is 4.45. The van der Waals surface area contributed by atoms with Crippen LogP contribution in [0.25, 0.3) is 10.9 Å². The molecule has 2 heterocycles. The summed E-state index contributed by atoms with van der Waals surface area (Å²) in [4.78, 5) is 18.2. The summed E-state index contributed by atoms with van der Waals surface area (Å²) in [5.41, 5.74) is 2.36. The Morgan fingerprint density at radius 1 is 1.45 bits per heavy atom. The molecular weight excluding hydrogens is 350 g/mol. The number of pyridine rings is 1. The molecule has 1 aromatic carbocycles. The number of fused-ring (bicyclic) bond motifs is 3. The van der Waals surface area contributed by atoms with E-state index in [1.807, 2.05) is 0 Å². The molecule has 0 saturated heterocycles. The van der Waals surface area contributed by atoms with Crippen molar-refractivity contribution in [3.63, 3.8) is 0 Å². The predicted octanol–water partition coefficient (Wildman–Crippen LogP) is 4.01. The van der Waals surface area contributed by atoms with Gasteiger partial charge in [-0.15, -0.1) is 0 Å². The Hall–Kier alpha value is -1.08. The van der Waals surface area contributed by atoms with Crippen LogP contribution in [-0.4, -0.2) is 29.5 Å². The van der Waals surface area contributed by atoms with Gasteiger partial charge in [0.1, 0.15) is 6.61 Å². The number of rotatable bonds is 3. The molecular formula is C14H11Cl2FN2O2S. The van der Waals surface area contributed by atoms with Gasteiger partial charge in [0.2, 0.25) is 5.91 Å². The van der Waals surface area contributed by atoms with Gasteiger partial charge in [0.05, 0.1) is 32.6 Å². The molecule has 0 fully saturated rings. The number of carbonyl (C=O) groups is 1. The molecule has 1 aromatic heterocycles. The third kappa shape index (κ3) is 2.54. The lowest BCUT2D eigenvalue weighted by Gasteiger charge is -2.14. The number of methoxy groups -OCH3 is 1. The molecule has 8 heteroatoms. The lowest BCUT2D eigenvalue weighted by Crippen LogP contribution is -2.28. The van der Waals surface area contributed by atoms with Gasteiger partial charge in [-0.25, -0.2) is 0 Å². The van der Waals surface area contributed by atoms with Crippen LogP contribution in [0.2, 0.25) is 10.0 Å². The normalized spacial score (nSPS) is 13.7. The Morgan fingerprint density at radius 3 is 2.91 bits per heavy atom. The SMILES string of the molecule is COCC(=O)N1Cc2cnc3c(Cl)c(Cl)c(SF)cc3c2C1. The van der Waals surface area contributed by atoms with Crippen LogP contribution in [-0.2, 0) is 22.6 Å². The first-order chi connectivity index (χ1) is 10.6. The van der Waals surface area contributed by atoms with E-state index in [0.717, 1.165) is 16.5 Å². The number of ether oxygens (including phenoxy) is 1. The number of hydrogen-bond donors (Lipinski definition) is 0. The van der Waals surface area contributed by atoms with Crippen LogP contribution in [0.15, 0.2) is 17.2 Å². The monoisotopic (exact) mass is 360 g/mol. The van der Waals surface area contributed by atoms with Gasteiger partial charge in [-0.05, 0) is 17.2 Å². The van der Waals surface area contributed by atoms with Crippen LogP contribution in [0.4, 0.5) is 3.89 Å². The van der Waals surface area contributed by atoms with Crippen LogP contribution >= 0.6 is 35.3 Å². The number of carbonyl (C=O) groups excluding carboxylic acids is 1. The molecule has 0 bridgehead atoms. The fourth-order valence-corrected chi connectivity index (χ4v) is 3.44. The number of aromatic nitrogens is 1. The maximum atomic E-state index is 13.0. The van der Waals surface area contributed by atoms with Crippen LogP contribution < -0.4 is 0 Å². The first-order valence-corrected chi connectivity index (χ1v) is 7.87. The lowest BCUT2D eigenvalue weighted by molar-refractivity contribution is -0.135. The van der Waals surface area contributed by atoms with Gasteiger partial charge in [-0.3, -0.25) is 9.78 Å². The minimum atomic E-state index is -0.105. The first-order valence-electron chi connectivity index (χ1n) is 6.40. The molecule has 0 unspecified atom stereocenters. The summed E-state index contributed by atoms with van der Waals surface area (Å²) in [5, 5.41) is 1.10. The number of nitrogens with zero attached hydrogens (tertiary/aromatic N) is 2. The summed E-state index contributed by atoms with van der Waals surface area (Å²) in [5.74, 6) is -0.105. The molecule has 2 aromatic rings. The third-order valence-electron chi connectivity index (χ3n) is 3.62. The molecule has 22 heavy (non-hydrogen) atoms. The predicted molar refractivity (Wildman–Crippen MR) is 84.9 cm³/mol. The van der Waals surface area contributed by atoms with E-state index in [-0.39, 0.29) is 39.6 Å². The second-order valence-electron chi connectivity index (χ2n) is 4.92. The molecule has 3 rings (SSSR count). The van der Waals surface area contributed by atoms with Crippen molar-refractivity contribution in [3.8, 4) is 0 Å². The Labute approximate surface area is 140 Å². The molecule has 0 saturated carbocycles. The summed E-state index contributed by atoms with van der Waals surface area (Å²) in [6.07, 6.45) is 1.68. The van der Waals surface area contributed by atoms with E-state index in [0.29, 0.717) is 18.6 Å². The van der Waals surface area contributed by atoms with Crippen molar-refractivity contribution in [3.05, 3.63) is 33.4 Å². The van der Waals surface area contributed by atoms with E-state index in [1.54, 1.807) is 17.2 Å². The quantitative estimate of drug-likeness (QED) is 0.829. The minimum Gasteiger partial charge on any atom is -0.375 e. The fraction of sp³-hybridized carbons (Fsp3) is 0.286. The van der Waals surface area contributed by atoms with Gasteiger partial charge in [-0.2, -0.15) is 3.89 Å². The zero-order chi connectivity index (χ0) is 15.9. The van der Waals surface area contributed by atoms with E-state index in [4.69, 9.17) is 27.9 Å². The summed E-state index contributed by atoms with van der Waals surface area (Å²) < 4.78 is 17.9. The number of benzene rings is 1. The summed E-state index contributed by atoms with van der Waals surface area (Å²) in [6, 6.07) is 1.63. The molecule has 1 aliphatic heterocycles. The van der Waals surface area contributed by atoms with Crippen molar-refractivity contribution in [2.24, 2.45) is 0 Å². The molecule has 0 radical (unpaired) electrons. The van der Waals surface area contributed by atoms with E-state index in [9.17, 15) is 8.68 Å². The number of halogens is 3.